The zero-order chi connectivity index (χ0) is 19.1. The summed E-state index contributed by atoms with van der Waals surface area (Å²) >= 11 is 0. The zero-order valence-corrected chi connectivity index (χ0v) is 16.1. The van der Waals surface area contributed by atoms with Crippen LogP contribution in [0.4, 0.5) is 0 Å². The van der Waals surface area contributed by atoms with Crippen LogP contribution in [-0.4, -0.2) is 15.0 Å². The monoisotopic (exact) mass is 365 g/mol. The van der Waals surface area contributed by atoms with E-state index >= 15 is 0 Å². The van der Waals surface area contributed by atoms with Crippen molar-refractivity contribution in [1.82, 2.24) is 15.0 Å². The Balaban J connectivity index is 1.56. The second-order valence-electron chi connectivity index (χ2n) is 7.54. The molecule has 3 nitrogen and oxygen atoms in total. The van der Waals surface area contributed by atoms with E-state index < -0.39 is 0 Å². The minimum atomic E-state index is 0.0648. The van der Waals surface area contributed by atoms with Gasteiger partial charge in [-0.05, 0) is 71.7 Å². The van der Waals surface area contributed by atoms with E-state index in [9.17, 15) is 0 Å². The number of para-hydroxylation sites is 1. The third-order valence-corrected chi connectivity index (χ3v) is 5.95. The van der Waals surface area contributed by atoms with Crippen LogP contribution in [0.2, 0.25) is 0 Å². The largest absolute Gasteiger partial charge is 0.237 e. The van der Waals surface area contributed by atoms with Gasteiger partial charge >= 0.3 is 0 Å². The molecule has 3 heteroatoms. The predicted molar refractivity (Wildman–Crippen MR) is 116 cm³/mol. The lowest BCUT2D eigenvalue weighted by Gasteiger charge is -2.22. The summed E-state index contributed by atoms with van der Waals surface area (Å²) in [5.41, 5.74) is 10.3. The van der Waals surface area contributed by atoms with Crippen LogP contribution in [0.1, 0.15) is 42.5 Å². The van der Waals surface area contributed by atoms with Crippen molar-refractivity contribution in [1.29, 1.82) is 0 Å². The molecule has 2 aliphatic carbocycles. The van der Waals surface area contributed by atoms with Gasteiger partial charge in [0.25, 0.3) is 0 Å². The summed E-state index contributed by atoms with van der Waals surface area (Å²) in [5, 5.41) is 8.76. The van der Waals surface area contributed by atoms with Crippen molar-refractivity contribution in [3.63, 3.8) is 0 Å². The molecule has 5 rings (SSSR count). The Labute approximate surface area is 165 Å². The molecule has 3 aromatic rings. The van der Waals surface area contributed by atoms with Crippen molar-refractivity contribution in [3.8, 4) is 0 Å². The predicted octanol–water partition coefficient (Wildman–Crippen LogP) is 5.92. The molecule has 1 heterocycles. The molecular formula is C25H23N3. The summed E-state index contributed by atoms with van der Waals surface area (Å²) in [4.78, 5) is 0. The molecule has 0 fully saturated rings. The lowest BCUT2D eigenvalue weighted by molar-refractivity contribution is 0.587. The molecule has 1 atom stereocenters. The Bertz CT molecular complexity index is 1170. The van der Waals surface area contributed by atoms with Crippen LogP contribution >= 0.6 is 0 Å². The fourth-order valence-electron chi connectivity index (χ4n) is 4.52. The van der Waals surface area contributed by atoms with Gasteiger partial charge in [0.2, 0.25) is 0 Å². The van der Waals surface area contributed by atoms with Crippen molar-refractivity contribution in [2.24, 2.45) is 0 Å². The van der Waals surface area contributed by atoms with Gasteiger partial charge in [0.1, 0.15) is 5.52 Å². The Morgan fingerprint density at radius 2 is 2.07 bits per heavy atom. The Hall–Kier alpha value is -3.20. The van der Waals surface area contributed by atoms with Crippen LogP contribution < -0.4 is 0 Å². The molecule has 1 unspecified atom stereocenters. The fourth-order valence-corrected chi connectivity index (χ4v) is 4.52. The number of nitrogens with zero attached hydrogens (tertiary/aromatic N) is 3. The highest BCUT2D eigenvalue weighted by atomic mass is 15.4. The quantitative estimate of drug-likeness (QED) is 0.537. The van der Waals surface area contributed by atoms with Gasteiger partial charge in [0.05, 0.1) is 11.6 Å². The van der Waals surface area contributed by atoms with Gasteiger partial charge in [-0.3, -0.25) is 0 Å². The molecule has 28 heavy (non-hydrogen) atoms. The molecule has 0 spiro atoms. The standard InChI is InChI=1S/C25H23N3/c1-3-7-21(17(2)28-25-11-5-4-10-24(25)26-27-28)19-14-15-23-20(16-19)13-12-18-8-6-9-22(18)23/h3-8,10-11,14-17H,1,9,12-13H2,2H3/b21-7+. The third-order valence-electron chi connectivity index (χ3n) is 5.95. The highest BCUT2D eigenvalue weighted by Gasteiger charge is 2.22. The number of rotatable bonds is 4. The summed E-state index contributed by atoms with van der Waals surface area (Å²) in [6, 6.07) is 15.1. The molecule has 0 N–H and O–H groups in total. The molecule has 2 aromatic carbocycles. The molecule has 0 radical (unpaired) electrons. The van der Waals surface area contributed by atoms with Crippen LogP contribution in [0.3, 0.4) is 0 Å². The lowest BCUT2D eigenvalue weighted by Crippen LogP contribution is -2.10. The summed E-state index contributed by atoms with van der Waals surface area (Å²) in [5.74, 6) is 0. The van der Waals surface area contributed by atoms with Crippen molar-refractivity contribution < 1.29 is 0 Å². The second-order valence-corrected chi connectivity index (χ2v) is 7.54. The first-order valence-corrected chi connectivity index (χ1v) is 9.91. The SMILES string of the molecule is C=C/C=C(/c1ccc2c(c1)CCC1=C2CC=C1)C(C)n1nnc2ccccc21. The van der Waals surface area contributed by atoms with Gasteiger partial charge in [-0.1, -0.05) is 66.4 Å². The molecule has 0 amide bonds. The number of fused-ring (bicyclic) bond motifs is 3. The molecule has 138 valence electrons. The Morgan fingerprint density at radius 1 is 1.18 bits per heavy atom. The minimum Gasteiger partial charge on any atom is -0.237 e. The number of aromatic nitrogens is 3. The Morgan fingerprint density at radius 3 is 2.96 bits per heavy atom. The minimum absolute atomic E-state index is 0.0648. The lowest BCUT2D eigenvalue weighted by atomic mass is 9.84. The molecule has 1 aromatic heterocycles. The van der Waals surface area contributed by atoms with E-state index in [0.717, 1.165) is 30.3 Å². The van der Waals surface area contributed by atoms with Crippen LogP contribution in [0.15, 0.2) is 78.9 Å². The van der Waals surface area contributed by atoms with Crippen molar-refractivity contribution in [2.75, 3.05) is 0 Å². The van der Waals surface area contributed by atoms with E-state index in [4.69, 9.17) is 0 Å². The van der Waals surface area contributed by atoms with E-state index in [1.54, 1.807) is 0 Å². The van der Waals surface area contributed by atoms with Crippen molar-refractivity contribution in [3.05, 3.63) is 95.6 Å². The number of hydrogen-bond acceptors (Lipinski definition) is 2. The van der Waals surface area contributed by atoms with Gasteiger partial charge in [-0.2, -0.15) is 0 Å². The fraction of sp³-hybridized carbons (Fsp3) is 0.200. The Kier molecular flexibility index (Phi) is 4.09. The first-order valence-electron chi connectivity index (χ1n) is 9.91. The highest BCUT2D eigenvalue weighted by molar-refractivity contribution is 5.81. The second kappa shape index (κ2) is 6.75. The average Bonchev–Trinajstić information content (AvgIpc) is 3.38. The maximum atomic E-state index is 4.43. The van der Waals surface area contributed by atoms with Crippen LogP contribution in [0.5, 0.6) is 0 Å². The maximum absolute atomic E-state index is 4.43. The third kappa shape index (κ3) is 2.66. The highest BCUT2D eigenvalue weighted by Crippen LogP contribution is 2.40. The smallest absolute Gasteiger partial charge is 0.113 e. The van der Waals surface area contributed by atoms with Crippen LogP contribution in [0.25, 0.3) is 22.2 Å². The van der Waals surface area contributed by atoms with Gasteiger partial charge in [-0.15, -0.1) is 5.10 Å². The molecule has 0 bridgehead atoms. The molecule has 2 aliphatic rings. The summed E-state index contributed by atoms with van der Waals surface area (Å²) in [7, 11) is 0. The maximum Gasteiger partial charge on any atom is 0.113 e. The first-order chi connectivity index (χ1) is 13.8. The number of hydrogen-bond donors (Lipinski definition) is 0. The normalized spacial score (nSPS) is 17.0. The van der Waals surface area contributed by atoms with Crippen LogP contribution in [0, 0.1) is 0 Å². The van der Waals surface area contributed by atoms with E-state index in [0.29, 0.717) is 0 Å². The average molecular weight is 365 g/mol. The van der Waals surface area contributed by atoms with E-state index in [1.165, 1.54) is 33.4 Å². The van der Waals surface area contributed by atoms with Gasteiger partial charge in [0.15, 0.2) is 0 Å². The van der Waals surface area contributed by atoms with Crippen molar-refractivity contribution in [2.45, 2.75) is 32.2 Å². The zero-order valence-electron chi connectivity index (χ0n) is 16.1. The van der Waals surface area contributed by atoms with E-state index in [2.05, 4.69) is 66.3 Å². The van der Waals surface area contributed by atoms with E-state index in [-0.39, 0.29) is 6.04 Å². The van der Waals surface area contributed by atoms with Crippen LogP contribution in [-0.2, 0) is 6.42 Å². The van der Waals surface area contributed by atoms with Gasteiger partial charge in [0, 0.05) is 0 Å². The van der Waals surface area contributed by atoms with Gasteiger partial charge < -0.3 is 0 Å². The summed E-state index contributed by atoms with van der Waals surface area (Å²) in [6.45, 7) is 6.12. The summed E-state index contributed by atoms with van der Waals surface area (Å²) < 4.78 is 2.01. The topological polar surface area (TPSA) is 30.7 Å². The number of allylic oxidation sites excluding steroid dienone is 7. The first kappa shape index (κ1) is 16.9. The molecule has 0 saturated heterocycles. The summed E-state index contributed by atoms with van der Waals surface area (Å²) in [6.07, 6.45) is 11.9. The van der Waals surface area contributed by atoms with Gasteiger partial charge in [-0.25, -0.2) is 4.68 Å². The number of aryl methyl sites for hydroxylation is 1. The van der Waals surface area contributed by atoms with Crippen molar-refractivity contribution >= 4 is 22.2 Å². The number of benzene rings is 2. The van der Waals surface area contributed by atoms with E-state index in [1.807, 2.05) is 29.0 Å². The molecule has 0 saturated carbocycles. The molecular weight excluding hydrogens is 342 g/mol. The molecule has 0 aliphatic heterocycles.